The van der Waals surface area contributed by atoms with E-state index >= 15 is 0 Å². The number of carbonyl (C=O) groups excluding carboxylic acids is 1. The molecule has 11 nitrogen and oxygen atoms in total. The van der Waals surface area contributed by atoms with Crippen molar-refractivity contribution in [3.63, 3.8) is 0 Å². The summed E-state index contributed by atoms with van der Waals surface area (Å²) in [6, 6.07) is 2.96. The van der Waals surface area contributed by atoms with E-state index in [2.05, 4.69) is 20.1 Å². The maximum Gasteiger partial charge on any atom is 0.319 e. The molecule has 0 spiro atoms. The molecule has 194 valence electrons. The summed E-state index contributed by atoms with van der Waals surface area (Å²) in [5.74, 6) is -2.34. The number of halogens is 4. The largest absolute Gasteiger partial charge is 0.458 e. The number of fused-ring (bicyclic) bond motifs is 1. The summed E-state index contributed by atoms with van der Waals surface area (Å²) in [5, 5.41) is 4.30. The van der Waals surface area contributed by atoms with Crippen LogP contribution in [0.5, 0.6) is 0 Å². The number of nitrogen functional groups attached to an aromatic ring is 1. The quantitative estimate of drug-likeness (QED) is 0.493. The molecule has 2 aliphatic rings. The SMILES string of the molecule is Cc1ccc(-c2nc3nc(N4CCC[C@H]4C(=O)N4CCN(CC(F)(F)C(F)F)CC4)nc(N)n3n2)o1. The Morgan fingerprint density at radius 2 is 1.92 bits per heavy atom. The van der Waals surface area contributed by atoms with Gasteiger partial charge in [-0.1, -0.05) is 0 Å². The van der Waals surface area contributed by atoms with Crippen molar-refractivity contribution >= 4 is 23.6 Å². The molecule has 3 aromatic rings. The predicted molar refractivity (Wildman–Crippen MR) is 120 cm³/mol. The first-order valence-electron chi connectivity index (χ1n) is 11.5. The maximum absolute atomic E-state index is 13.4. The molecule has 0 radical (unpaired) electrons. The fourth-order valence-electron chi connectivity index (χ4n) is 4.55. The van der Waals surface area contributed by atoms with Crippen molar-refractivity contribution in [1.29, 1.82) is 0 Å². The Balaban J connectivity index is 1.30. The summed E-state index contributed by atoms with van der Waals surface area (Å²) in [6.07, 6.45) is -2.45. The van der Waals surface area contributed by atoms with Crippen molar-refractivity contribution in [2.24, 2.45) is 0 Å². The average molecular weight is 511 g/mol. The number of nitrogens with zero attached hydrogens (tertiary/aromatic N) is 8. The second-order valence-corrected chi connectivity index (χ2v) is 8.95. The molecule has 5 heterocycles. The molecule has 0 unspecified atom stereocenters. The molecular formula is C21H25F4N9O2. The van der Waals surface area contributed by atoms with Crippen molar-refractivity contribution in [2.75, 3.05) is 49.9 Å². The molecule has 0 aromatic carbocycles. The number of nitrogens with two attached hydrogens (primary N) is 1. The number of aryl methyl sites for hydroxylation is 1. The molecule has 36 heavy (non-hydrogen) atoms. The van der Waals surface area contributed by atoms with Gasteiger partial charge in [-0.05, 0) is 31.9 Å². The smallest absolute Gasteiger partial charge is 0.319 e. The van der Waals surface area contributed by atoms with Gasteiger partial charge in [0.2, 0.25) is 23.6 Å². The van der Waals surface area contributed by atoms with E-state index in [9.17, 15) is 22.4 Å². The molecule has 2 N–H and O–H groups in total. The van der Waals surface area contributed by atoms with Crippen LogP contribution in [-0.2, 0) is 4.79 Å². The van der Waals surface area contributed by atoms with Crippen molar-refractivity contribution in [3.05, 3.63) is 17.9 Å². The lowest BCUT2D eigenvalue weighted by atomic mass is 10.1. The number of hydrogen-bond acceptors (Lipinski definition) is 9. The van der Waals surface area contributed by atoms with Crippen molar-refractivity contribution in [2.45, 2.75) is 38.2 Å². The van der Waals surface area contributed by atoms with Crippen LogP contribution in [0.25, 0.3) is 17.4 Å². The standard InChI is InChI=1S/C21H25F4N9O2/c1-12-4-5-14(36-12)15-27-20-29-19(28-18(26)34(20)30-15)33-6-2-3-13(33)16(35)32-9-7-31(8-10-32)11-21(24,25)17(22)23/h4-5,13,17H,2-3,6-11H2,1H3,(H2,26,27,28,29,30)/t13-/m0/s1. The van der Waals surface area contributed by atoms with Gasteiger partial charge < -0.3 is 20.0 Å². The first-order valence-corrected chi connectivity index (χ1v) is 11.5. The summed E-state index contributed by atoms with van der Waals surface area (Å²) < 4.78 is 58.7. The van der Waals surface area contributed by atoms with Gasteiger partial charge in [0.1, 0.15) is 11.8 Å². The predicted octanol–water partition coefficient (Wildman–Crippen LogP) is 1.68. The number of amides is 1. The van der Waals surface area contributed by atoms with Crippen molar-refractivity contribution in [1.82, 2.24) is 34.4 Å². The Hall–Kier alpha value is -3.49. The number of rotatable bonds is 6. The molecule has 1 amide bonds. The van der Waals surface area contributed by atoms with Crippen LogP contribution >= 0.6 is 0 Å². The number of anilines is 2. The summed E-state index contributed by atoms with van der Waals surface area (Å²) >= 11 is 0. The molecule has 5 rings (SSSR count). The highest BCUT2D eigenvalue weighted by atomic mass is 19.3. The van der Waals surface area contributed by atoms with Crippen LogP contribution in [0.1, 0.15) is 18.6 Å². The van der Waals surface area contributed by atoms with Gasteiger partial charge in [-0.25, -0.2) is 8.78 Å². The van der Waals surface area contributed by atoms with Crippen LogP contribution in [0.2, 0.25) is 0 Å². The third kappa shape index (κ3) is 4.54. The van der Waals surface area contributed by atoms with Gasteiger partial charge in [0.15, 0.2) is 5.76 Å². The van der Waals surface area contributed by atoms with E-state index in [-0.39, 0.29) is 49.8 Å². The third-order valence-electron chi connectivity index (χ3n) is 6.41. The molecule has 0 saturated carbocycles. The zero-order valence-electron chi connectivity index (χ0n) is 19.4. The lowest BCUT2D eigenvalue weighted by Gasteiger charge is -2.38. The Labute approximate surface area is 202 Å². The lowest BCUT2D eigenvalue weighted by Crippen LogP contribution is -2.56. The van der Waals surface area contributed by atoms with E-state index in [0.29, 0.717) is 30.3 Å². The van der Waals surface area contributed by atoms with Gasteiger partial charge >= 0.3 is 12.3 Å². The summed E-state index contributed by atoms with van der Waals surface area (Å²) in [7, 11) is 0. The van der Waals surface area contributed by atoms with E-state index in [1.165, 1.54) is 9.42 Å². The number of furan rings is 1. The van der Waals surface area contributed by atoms with E-state index in [4.69, 9.17) is 10.2 Å². The molecule has 1 atom stereocenters. The Morgan fingerprint density at radius 3 is 2.58 bits per heavy atom. The van der Waals surface area contributed by atoms with Gasteiger partial charge in [0.05, 0.1) is 6.54 Å². The fraction of sp³-hybridized carbons (Fsp3) is 0.571. The number of piperazine rings is 1. The van der Waals surface area contributed by atoms with Crippen LogP contribution in [0.3, 0.4) is 0 Å². The number of alkyl halides is 4. The topological polar surface area (TPSA) is 122 Å². The molecular weight excluding hydrogens is 486 g/mol. The number of carbonyl (C=O) groups is 1. The third-order valence-corrected chi connectivity index (χ3v) is 6.41. The fourth-order valence-corrected chi connectivity index (χ4v) is 4.55. The van der Waals surface area contributed by atoms with Crippen LogP contribution in [0.4, 0.5) is 29.5 Å². The van der Waals surface area contributed by atoms with E-state index < -0.39 is 24.9 Å². The zero-order chi connectivity index (χ0) is 25.6. The number of aromatic nitrogens is 5. The summed E-state index contributed by atoms with van der Waals surface area (Å²) in [6.45, 7) is 1.80. The van der Waals surface area contributed by atoms with Crippen molar-refractivity contribution < 1.29 is 26.8 Å². The van der Waals surface area contributed by atoms with Gasteiger partial charge in [-0.2, -0.15) is 28.2 Å². The van der Waals surface area contributed by atoms with E-state index in [1.807, 2.05) is 0 Å². The first-order chi connectivity index (χ1) is 17.1. The van der Waals surface area contributed by atoms with Crippen LogP contribution in [0.15, 0.2) is 16.5 Å². The highest BCUT2D eigenvalue weighted by Crippen LogP contribution is 2.28. The second kappa shape index (κ2) is 9.19. The monoisotopic (exact) mass is 511 g/mol. The minimum atomic E-state index is -4.08. The zero-order valence-corrected chi connectivity index (χ0v) is 19.4. The molecule has 2 aliphatic heterocycles. The highest BCUT2D eigenvalue weighted by molar-refractivity contribution is 5.85. The van der Waals surface area contributed by atoms with E-state index in [1.54, 1.807) is 28.9 Å². The summed E-state index contributed by atoms with van der Waals surface area (Å²) in [5.41, 5.74) is 6.11. The minimum absolute atomic E-state index is 0.0451. The van der Waals surface area contributed by atoms with Gasteiger partial charge in [-0.15, -0.1) is 5.10 Å². The maximum atomic E-state index is 13.4. The first kappa shape index (κ1) is 24.2. The molecule has 3 aromatic heterocycles. The number of hydrogen-bond donors (Lipinski definition) is 1. The second-order valence-electron chi connectivity index (χ2n) is 8.95. The lowest BCUT2D eigenvalue weighted by molar-refractivity contribution is -0.148. The molecule has 0 aliphatic carbocycles. The van der Waals surface area contributed by atoms with Crippen LogP contribution < -0.4 is 10.6 Å². The van der Waals surface area contributed by atoms with Gasteiger partial charge in [-0.3, -0.25) is 9.69 Å². The normalized spacial score (nSPS) is 19.7. The minimum Gasteiger partial charge on any atom is -0.458 e. The molecule has 2 saturated heterocycles. The molecule has 15 heteroatoms. The Kier molecular flexibility index (Phi) is 6.18. The van der Waals surface area contributed by atoms with Crippen LogP contribution in [-0.4, -0.2) is 97.9 Å². The van der Waals surface area contributed by atoms with Gasteiger partial charge in [0.25, 0.3) is 5.78 Å². The van der Waals surface area contributed by atoms with Gasteiger partial charge in [0, 0.05) is 32.7 Å². The highest BCUT2D eigenvalue weighted by Gasteiger charge is 2.43. The average Bonchev–Trinajstić information content (AvgIpc) is 3.58. The Bertz CT molecular complexity index is 1260. The Morgan fingerprint density at radius 1 is 1.17 bits per heavy atom. The molecule has 0 bridgehead atoms. The summed E-state index contributed by atoms with van der Waals surface area (Å²) in [4.78, 5) is 31.0. The molecule has 2 fully saturated rings. The van der Waals surface area contributed by atoms with Crippen LogP contribution in [0, 0.1) is 6.92 Å². The van der Waals surface area contributed by atoms with E-state index in [0.717, 1.165) is 6.42 Å². The van der Waals surface area contributed by atoms with Crippen molar-refractivity contribution in [3.8, 4) is 11.6 Å².